The van der Waals surface area contributed by atoms with E-state index in [1.54, 1.807) is 14.2 Å². The zero-order chi connectivity index (χ0) is 13.4. The summed E-state index contributed by atoms with van der Waals surface area (Å²) in [6, 6.07) is 0. The summed E-state index contributed by atoms with van der Waals surface area (Å²) in [5.41, 5.74) is 0. The number of hydrogen-bond acceptors (Lipinski definition) is 4. The van der Waals surface area contributed by atoms with Crippen molar-refractivity contribution in [2.24, 2.45) is 5.92 Å². The van der Waals surface area contributed by atoms with Crippen molar-refractivity contribution >= 4 is 22.6 Å². The minimum Gasteiger partial charge on any atom is -0.383 e. The first kappa shape index (κ1) is 19.1. The van der Waals surface area contributed by atoms with Gasteiger partial charge in [0.05, 0.1) is 6.61 Å². The molecular formula is C11H26ClN3O3S. The number of halogens is 1. The topological polar surface area (TPSA) is 70.7 Å². The number of methoxy groups -OCH3 is 1. The van der Waals surface area contributed by atoms with Gasteiger partial charge in [0.15, 0.2) is 0 Å². The molecule has 0 radical (unpaired) electrons. The number of nitrogens with zero attached hydrogens (tertiary/aromatic N) is 1. The summed E-state index contributed by atoms with van der Waals surface area (Å²) in [6.07, 6.45) is 3.27. The molecule has 2 N–H and O–H groups in total. The van der Waals surface area contributed by atoms with Crippen LogP contribution in [0.25, 0.3) is 0 Å². The Morgan fingerprint density at radius 3 is 2.79 bits per heavy atom. The van der Waals surface area contributed by atoms with Crippen LogP contribution < -0.4 is 10.0 Å². The molecule has 1 heterocycles. The molecule has 1 aliphatic heterocycles. The quantitative estimate of drug-likeness (QED) is 0.672. The Bertz CT molecular complexity index is 321. The first-order valence-electron chi connectivity index (χ1n) is 6.47. The first-order chi connectivity index (χ1) is 8.56. The van der Waals surface area contributed by atoms with Gasteiger partial charge in [0.2, 0.25) is 0 Å². The van der Waals surface area contributed by atoms with Crippen molar-refractivity contribution in [1.82, 2.24) is 14.3 Å². The van der Waals surface area contributed by atoms with E-state index >= 15 is 0 Å². The number of likely N-dealkylation sites (N-methyl/N-ethyl adjacent to an activating group) is 1. The molecule has 1 unspecified atom stereocenters. The third-order valence-corrected chi connectivity index (χ3v) is 4.83. The Hall–Kier alpha value is 0.0800. The van der Waals surface area contributed by atoms with Gasteiger partial charge >= 0.3 is 0 Å². The van der Waals surface area contributed by atoms with Crippen LogP contribution in [0.2, 0.25) is 0 Å². The van der Waals surface area contributed by atoms with Crippen molar-refractivity contribution in [1.29, 1.82) is 0 Å². The Labute approximate surface area is 122 Å². The normalized spacial score (nSPS) is 20.3. The highest BCUT2D eigenvalue weighted by molar-refractivity contribution is 7.87. The van der Waals surface area contributed by atoms with Gasteiger partial charge in [0, 0.05) is 27.2 Å². The molecule has 1 atom stereocenters. The number of piperidine rings is 1. The van der Waals surface area contributed by atoms with Gasteiger partial charge in [-0.3, -0.25) is 0 Å². The summed E-state index contributed by atoms with van der Waals surface area (Å²) in [5, 5.41) is 3.33. The fraction of sp³-hybridized carbons (Fsp3) is 1.00. The van der Waals surface area contributed by atoms with E-state index in [4.69, 9.17) is 4.74 Å². The Morgan fingerprint density at radius 1 is 1.47 bits per heavy atom. The van der Waals surface area contributed by atoms with E-state index in [1.165, 1.54) is 17.1 Å². The van der Waals surface area contributed by atoms with Gasteiger partial charge in [-0.15, -0.1) is 12.4 Å². The van der Waals surface area contributed by atoms with Crippen LogP contribution in [-0.2, 0) is 14.9 Å². The van der Waals surface area contributed by atoms with Crippen molar-refractivity contribution in [3.05, 3.63) is 0 Å². The predicted molar refractivity (Wildman–Crippen MR) is 78.9 cm³/mol. The van der Waals surface area contributed by atoms with Gasteiger partial charge in [0.1, 0.15) is 0 Å². The van der Waals surface area contributed by atoms with Crippen molar-refractivity contribution < 1.29 is 13.2 Å². The molecule has 8 heteroatoms. The van der Waals surface area contributed by atoms with Crippen LogP contribution in [0.15, 0.2) is 0 Å². The summed E-state index contributed by atoms with van der Waals surface area (Å²) in [6.45, 7) is 3.37. The summed E-state index contributed by atoms with van der Waals surface area (Å²) < 4.78 is 32.4. The Morgan fingerprint density at radius 2 is 2.21 bits per heavy atom. The lowest BCUT2D eigenvalue weighted by atomic mass is 9.96. The fourth-order valence-electron chi connectivity index (χ4n) is 2.01. The molecular weight excluding hydrogens is 290 g/mol. The maximum Gasteiger partial charge on any atom is 0.279 e. The van der Waals surface area contributed by atoms with Crippen LogP contribution >= 0.6 is 12.4 Å². The average molecular weight is 316 g/mol. The van der Waals surface area contributed by atoms with E-state index in [0.29, 0.717) is 25.6 Å². The summed E-state index contributed by atoms with van der Waals surface area (Å²) in [7, 11) is -0.232. The lowest BCUT2D eigenvalue weighted by Crippen LogP contribution is -2.41. The van der Waals surface area contributed by atoms with Crippen LogP contribution in [0.4, 0.5) is 0 Å². The second-order valence-corrected chi connectivity index (χ2v) is 6.58. The van der Waals surface area contributed by atoms with Crippen LogP contribution in [-0.4, -0.2) is 59.7 Å². The third-order valence-electron chi connectivity index (χ3n) is 3.26. The highest BCUT2D eigenvalue weighted by Gasteiger charge is 2.18. The van der Waals surface area contributed by atoms with Gasteiger partial charge in [-0.2, -0.15) is 12.7 Å². The average Bonchev–Trinajstić information content (AvgIpc) is 2.37. The second-order valence-electron chi connectivity index (χ2n) is 4.71. The first-order valence-corrected chi connectivity index (χ1v) is 7.91. The fourth-order valence-corrected chi connectivity index (χ4v) is 2.92. The lowest BCUT2D eigenvalue weighted by Gasteiger charge is -2.23. The van der Waals surface area contributed by atoms with Crippen molar-refractivity contribution in [3.63, 3.8) is 0 Å². The zero-order valence-electron chi connectivity index (χ0n) is 11.7. The molecule has 0 aromatic heterocycles. The summed E-state index contributed by atoms with van der Waals surface area (Å²) in [4.78, 5) is 0. The van der Waals surface area contributed by atoms with Gasteiger partial charge < -0.3 is 10.1 Å². The molecule has 0 saturated carbocycles. The van der Waals surface area contributed by atoms with Gasteiger partial charge in [-0.1, -0.05) is 0 Å². The van der Waals surface area contributed by atoms with Crippen LogP contribution in [0.3, 0.4) is 0 Å². The molecule has 0 spiro atoms. The highest BCUT2D eigenvalue weighted by Crippen LogP contribution is 2.13. The minimum atomic E-state index is -3.35. The monoisotopic (exact) mass is 315 g/mol. The lowest BCUT2D eigenvalue weighted by molar-refractivity contribution is 0.184. The third kappa shape index (κ3) is 7.43. The maximum atomic E-state index is 11.8. The summed E-state index contributed by atoms with van der Waals surface area (Å²) in [5.74, 6) is 0.589. The molecule has 6 nitrogen and oxygen atoms in total. The van der Waals surface area contributed by atoms with E-state index in [-0.39, 0.29) is 12.4 Å². The van der Waals surface area contributed by atoms with Gasteiger partial charge in [-0.25, -0.2) is 4.72 Å². The molecule has 0 aromatic rings. The predicted octanol–water partition coefficient (Wildman–Crippen LogP) is 0.211. The van der Waals surface area contributed by atoms with Crippen molar-refractivity contribution in [2.45, 2.75) is 19.3 Å². The van der Waals surface area contributed by atoms with E-state index in [1.807, 2.05) is 0 Å². The van der Waals surface area contributed by atoms with E-state index in [0.717, 1.165) is 19.5 Å². The largest absolute Gasteiger partial charge is 0.383 e. The van der Waals surface area contributed by atoms with Crippen molar-refractivity contribution in [3.8, 4) is 0 Å². The molecule has 19 heavy (non-hydrogen) atoms. The molecule has 1 rings (SSSR count). The maximum absolute atomic E-state index is 11.8. The second kappa shape index (κ2) is 9.90. The van der Waals surface area contributed by atoms with Gasteiger partial charge in [0.25, 0.3) is 10.2 Å². The number of rotatable bonds is 8. The molecule has 0 bridgehead atoms. The molecule has 0 aromatic carbocycles. The minimum absolute atomic E-state index is 0. The Balaban J connectivity index is 0.00000324. The highest BCUT2D eigenvalue weighted by atomic mass is 35.5. The number of ether oxygens (including phenoxy) is 1. The van der Waals surface area contributed by atoms with E-state index < -0.39 is 10.2 Å². The van der Waals surface area contributed by atoms with Gasteiger partial charge in [-0.05, 0) is 38.3 Å². The molecule has 1 saturated heterocycles. The van der Waals surface area contributed by atoms with E-state index in [2.05, 4.69) is 10.0 Å². The standard InChI is InChI=1S/C11H25N3O3S.ClH/c1-14(8-9-17-2)18(15,16)13-7-5-11-4-3-6-12-10-11;/h11-13H,3-10H2,1-2H3;1H. The van der Waals surface area contributed by atoms with E-state index in [9.17, 15) is 8.42 Å². The summed E-state index contributed by atoms with van der Waals surface area (Å²) >= 11 is 0. The Kier molecular flexibility index (Phi) is 9.94. The molecule has 0 aliphatic carbocycles. The SMILES string of the molecule is COCCN(C)S(=O)(=O)NCCC1CCCNC1.Cl. The number of nitrogens with one attached hydrogen (secondary N) is 2. The smallest absolute Gasteiger partial charge is 0.279 e. The van der Waals surface area contributed by atoms with Crippen molar-refractivity contribution in [2.75, 3.05) is 46.9 Å². The number of hydrogen-bond donors (Lipinski definition) is 2. The zero-order valence-corrected chi connectivity index (χ0v) is 13.4. The van der Waals surface area contributed by atoms with Crippen LogP contribution in [0, 0.1) is 5.92 Å². The molecule has 1 aliphatic rings. The molecule has 116 valence electrons. The molecule has 0 amide bonds. The van der Waals surface area contributed by atoms with Crippen LogP contribution in [0.5, 0.6) is 0 Å². The molecule has 1 fully saturated rings. The van der Waals surface area contributed by atoms with Crippen LogP contribution in [0.1, 0.15) is 19.3 Å².